The van der Waals surface area contributed by atoms with Gasteiger partial charge in [-0.15, -0.1) is 11.3 Å². The van der Waals surface area contributed by atoms with Crippen molar-refractivity contribution in [2.75, 3.05) is 18.4 Å². The topological polar surface area (TPSA) is 74.3 Å². The molecule has 0 atom stereocenters. The standard InChI is InChI=1S/C16H20N4O2S2/c1-10(2)17-14(21)8-20-5-3-12-13(7-20)24-16(18-12)19-15(22)11-4-6-23-9-11/h4,6,9-10H,3,5,7-8H2,1-2H3,(H,17,21)(H,18,19,22). The lowest BCUT2D eigenvalue weighted by atomic mass is 10.2. The zero-order valence-corrected chi connectivity index (χ0v) is 15.3. The van der Waals surface area contributed by atoms with Crippen molar-refractivity contribution in [1.29, 1.82) is 0 Å². The minimum absolute atomic E-state index is 0.0453. The van der Waals surface area contributed by atoms with Gasteiger partial charge in [0.1, 0.15) is 0 Å². The summed E-state index contributed by atoms with van der Waals surface area (Å²) in [5, 5.41) is 10.1. The van der Waals surface area contributed by atoms with Crippen molar-refractivity contribution >= 4 is 39.6 Å². The molecule has 3 heterocycles. The van der Waals surface area contributed by atoms with Crippen LogP contribution in [0, 0.1) is 0 Å². The number of aromatic nitrogens is 1. The number of thiophene rings is 1. The molecule has 0 bridgehead atoms. The van der Waals surface area contributed by atoms with Crippen molar-refractivity contribution in [3.8, 4) is 0 Å². The highest BCUT2D eigenvalue weighted by molar-refractivity contribution is 7.16. The van der Waals surface area contributed by atoms with Gasteiger partial charge in [0.25, 0.3) is 5.91 Å². The normalized spacial score (nSPS) is 14.5. The lowest BCUT2D eigenvalue weighted by Crippen LogP contribution is -2.41. The Hall–Kier alpha value is -1.77. The average Bonchev–Trinajstić information content (AvgIpc) is 3.14. The first-order valence-corrected chi connectivity index (χ1v) is 9.61. The highest BCUT2D eigenvalue weighted by Crippen LogP contribution is 2.28. The Morgan fingerprint density at radius 1 is 1.42 bits per heavy atom. The molecule has 8 heteroatoms. The SMILES string of the molecule is CC(C)NC(=O)CN1CCc2nc(NC(=O)c3ccsc3)sc2C1. The van der Waals surface area contributed by atoms with Gasteiger partial charge in [0.15, 0.2) is 5.13 Å². The highest BCUT2D eigenvalue weighted by Gasteiger charge is 2.23. The predicted octanol–water partition coefficient (Wildman–Crippen LogP) is 2.34. The summed E-state index contributed by atoms with van der Waals surface area (Å²) in [5.74, 6) is -0.0838. The van der Waals surface area contributed by atoms with Crippen molar-refractivity contribution in [2.24, 2.45) is 0 Å². The van der Waals surface area contributed by atoms with Crippen molar-refractivity contribution in [1.82, 2.24) is 15.2 Å². The summed E-state index contributed by atoms with van der Waals surface area (Å²) in [6, 6.07) is 1.95. The number of nitrogens with one attached hydrogen (secondary N) is 2. The van der Waals surface area contributed by atoms with E-state index in [2.05, 4.69) is 20.5 Å². The van der Waals surface area contributed by atoms with E-state index in [4.69, 9.17) is 0 Å². The van der Waals surface area contributed by atoms with Crippen LogP contribution in [0.2, 0.25) is 0 Å². The summed E-state index contributed by atoms with van der Waals surface area (Å²) in [6.45, 7) is 5.81. The summed E-state index contributed by atoms with van der Waals surface area (Å²) in [5.41, 5.74) is 1.68. The van der Waals surface area contributed by atoms with Gasteiger partial charge in [0, 0.05) is 35.8 Å². The van der Waals surface area contributed by atoms with Gasteiger partial charge in [-0.05, 0) is 25.3 Å². The number of amides is 2. The molecular formula is C16H20N4O2S2. The van der Waals surface area contributed by atoms with Gasteiger partial charge in [0.05, 0.1) is 17.8 Å². The van der Waals surface area contributed by atoms with Crippen LogP contribution < -0.4 is 10.6 Å². The maximum Gasteiger partial charge on any atom is 0.258 e. The summed E-state index contributed by atoms with van der Waals surface area (Å²) in [4.78, 5) is 31.8. The largest absolute Gasteiger partial charge is 0.353 e. The van der Waals surface area contributed by atoms with E-state index < -0.39 is 0 Å². The Kier molecular flexibility index (Phi) is 5.27. The van der Waals surface area contributed by atoms with Gasteiger partial charge >= 0.3 is 0 Å². The van der Waals surface area contributed by atoms with E-state index >= 15 is 0 Å². The highest BCUT2D eigenvalue weighted by atomic mass is 32.1. The fourth-order valence-electron chi connectivity index (χ4n) is 2.57. The van der Waals surface area contributed by atoms with Crippen LogP contribution in [0.15, 0.2) is 16.8 Å². The fourth-order valence-corrected chi connectivity index (χ4v) is 4.25. The van der Waals surface area contributed by atoms with E-state index in [-0.39, 0.29) is 17.9 Å². The minimum atomic E-state index is -0.129. The number of thiazole rings is 1. The lowest BCUT2D eigenvalue weighted by Gasteiger charge is -2.25. The van der Waals surface area contributed by atoms with E-state index in [0.29, 0.717) is 23.8 Å². The number of hydrogen-bond donors (Lipinski definition) is 2. The van der Waals surface area contributed by atoms with E-state index in [1.807, 2.05) is 24.6 Å². The van der Waals surface area contributed by atoms with Crippen LogP contribution >= 0.6 is 22.7 Å². The second-order valence-corrected chi connectivity index (χ2v) is 7.90. The zero-order valence-electron chi connectivity index (χ0n) is 13.7. The third-order valence-corrected chi connectivity index (χ3v) is 5.31. The minimum Gasteiger partial charge on any atom is -0.353 e. The average molecular weight is 364 g/mol. The molecule has 1 aliphatic rings. The second kappa shape index (κ2) is 7.42. The van der Waals surface area contributed by atoms with Crippen molar-refractivity contribution in [2.45, 2.75) is 32.9 Å². The van der Waals surface area contributed by atoms with Crippen LogP contribution in [-0.2, 0) is 17.8 Å². The Morgan fingerprint density at radius 3 is 2.96 bits per heavy atom. The zero-order chi connectivity index (χ0) is 17.1. The molecule has 0 saturated carbocycles. The number of rotatable bonds is 5. The predicted molar refractivity (Wildman–Crippen MR) is 96.6 cm³/mol. The Labute approximate surface area is 148 Å². The summed E-state index contributed by atoms with van der Waals surface area (Å²) in [7, 11) is 0. The smallest absolute Gasteiger partial charge is 0.258 e. The molecule has 2 aromatic heterocycles. The molecule has 0 unspecified atom stereocenters. The van der Waals surface area contributed by atoms with Crippen LogP contribution in [0.1, 0.15) is 34.8 Å². The van der Waals surface area contributed by atoms with Gasteiger partial charge in [-0.1, -0.05) is 0 Å². The van der Waals surface area contributed by atoms with E-state index in [1.54, 1.807) is 6.07 Å². The van der Waals surface area contributed by atoms with Gasteiger partial charge in [-0.25, -0.2) is 4.98 Å². The Morgan fingerprint density at radius 2 is 2.25 bits per heavy atom. The molecule has 2 aromatic rings. The van der Waals surface area contributed by atoms with Crippen LogP contribution in [0.5, 0.6) is 0 Å². The third kappa shape index (κ3) is 4.19. The molecule has 1 aliphatic heterocycles. The first-order chi connectivity index (χ1) is 11.5. The Bertz CT molecular complexity index is 725. The molecular weight excluding hydrogens is 344 g/mol. The molecule has 6 nitrogen and oxygen atoms in total. The quantitative estimate of drug-likeness (QED) is 0.854. The van der Waals surface area contributed by atoms with Gasteiger partial charge in [-0.3, -0.25) is 19.8 Å². The maximum absolute atomic E-state index is 12.1. The number of carbonyl (C=O) groups excluding carboxylic acids is 2. The number of anilines is 1. The number of nitrogens with zero attached hydrogens (tertiary/aromatic N) is 2. The molecule has 2 N–H and O–H groups in total. The summed E-state index contributed by atoms with van der Waals surface area (Å²) in [6.07, 6.45) is 0.801. The molecule has 0 fully saturated rings. The van der Waals surface area contributed by atoms with Gasteiger partial charge < -0.3 is 5.32 Å². The molecule has 128 valence electrons. The van der Waals surface area contributed by atoms with Gasteiger partial charge in [-0.2, -0.15) is 11.3 Å². The second-order valence-electron chi connectivity index (χ2n) is 6.04. The van der Waals surface area contributed by atoms with Crippen LogP contribution in [0.3, 0.4) is 0 Å². The molecule has 0 aromatic carbocycles. The molecule has 24 heavy (non-hydrogen) atoms. The Balaban J connectivity index is 1.60. The first-order valence-electron chi connectivity index (χ1n) is 7.85. The van der Waals surface area contributed by atoms with Crippen LogP contribution in [0.25, 0.3) is 0 Å². The van der Waals surface area contributed by atoms with Crippen LogP contribution in [-0.4, -0.2) is 40.8 Å². The molecule has 3 rings (SSSR count). The maximum atomic E-state index is 12.1. The fraction of sp³-hybridized carbons (Fsp3) is 0.438. The molecule has 0 saturated heterocycles. The third-order valence-electron chi connectivity index (χ3n) is 3.63. The first kappa shape index (κ1) is 17.1. The van der Waals surface area contributed by atoms with Crippen molar-refractivity contribution in [3.05, 3.63) is 33.0 Å². The van der Waals surface area contributed by atoms with E-state index in [1.165, 1.54) is 22.7 Å². The van der Waals surface area contributed by atoms with E-state index in [9.17, 15) is 9.59 Å². The molecule has 2 amide bonds. The monoisotopic (exact) mass is 364 g/mol. The number of hydrogen-bond acceptors (Lipinski definition) is 6. The molecule has 0 aliphatic carbocycles. The molecule has 0 spiro atoms. The summed E-state index contributed by atoms with van der Waals surface area (Å²) >= 11 is 2.99. The van der Waals surface area contributed by atoms with Crippen LogP contribution in [0.4, 0.5) is 5.13 Å². The number of carbonyl (C=O) groups is 2. The number of fused-ring (bicyclic) bond motifs is 1. The van der Waals surface area contributed by atoms with Gasteiger partial charge in [0.2, 0.25) is 5.91 Å². The van der Waals surface area contributed by atoms with Crippen molar-refractivity contribution < 1.29 is 9.59 Å². The summed E-state index contributed by atoms with van der Waals surface area (Å²) < 4.78 is 0. The lowest BCUT2D eigenvalue weighted by molar-refractivity contribution is -0.122. The van der Waals surface area contributed by atoms with E-state index in [0.717, 1.165) is 23.5 Å². The molecule has 0 radical (unpaired) electrons. The van der Waals surface area contributed by atoms with Crippen molar-refractivity contribution in [3.63, 3.8) is 0 Å².